The van der Waals surface area contributed by atoms with Gasteiger partial charge in [-0.15, -0.1) is 0 Å². The minimum absolute atomic E-state index is 0.876. The van der Waals surface area contributed by atoms with Gasteiger partial charge < -0.3 is 0 Å². The SMILES string of the molecule is CCCCCCN=C(c1ccccc1)c1ccccn1. The fraction of sp³-hybridized carbons (Fsp3) is 0.333. The molecule has 104 valence electrons. The lowest BCUT2D eigenvalue weighted by Crippen LogP contribution is -2.06. The Hall–Kier alpha value is -1.96. The van der Waals surface area contributed by atoms with Crippen LogP contribution in [0, 0.1) is 0 Å². The highest BCUT2D eigenvalue weighted by molar-refractivity contribution is 6.11. The maximum Gasteiger partial charge on any atom is 0.0903 e. The largest absolute Gasteiger partial charge is 0.282 e. The van der Waals surface area contributed by atoms with Crippen molar-refractivity contribution in [2.75, 3.05) is 6.54 Å². The Morgan fingerprint density at radius 1 is 0.950 bits per heavy atom. The molecule has 0 bridgehead atoms. The van der Waals surface area contributed by atoms with Crippen molar-refractivity contribution in [3.05, 3.63) is 66.0 Å². The van der Waals surface area contributed by atoms with Gasteiger partial charge in [0.15, 0.2) is 0 Å². The van der Waals surface area contributed by atoms with Crippen molar-refractivity contribution in [1.82, 2.24) is 4.98 Å². The molecule has 20 heavy (non-hydrogen) atoms. The van der Waals surface area contributed by atoms with Gasteiger partial charge in [-0.1, -0.05) is 62.6 Å². The van der Waals surface area contributed by atoms with E-state index in [9.17, 15) is 0 Å². The number of aliphatic imine (C=N–C) groups is 1. The number of aromatic nitrogens is 1. The molecule has 1 aromatic carbocycles. The Labute approximate surface area is 121 Å². The predicted molar refractivity (Wildman–Crippen MR) is 85.3 cm³/mol. The summed E-state index contributed by atoms with van der Waals surface area (Å²) in [4.78, 5) is 9.23. The van der Waals surface area contributed by atoms with E-state index >= 15 is 0 Å². The zero-order valence-electron chi connectivity index (χ0n) is 12.1. The number of pyridine rings is 1. The first-order valence-electron chi connectivity index (χ1n) is 7.43. The summed E-state index contributed by atoms with van der Waals surface area (Å²) in [6.45, 7) is 3.10. The van der Waals surface area contributed by atoms with Gasteiger partial charge in [0.25, 0.3) is 0 Å². The van der Waals surface area contributed by atoms with Gasteiger partial charge in [-0.25, -0.2) is 0 Å². The van der Waals surface area contributed by atoms with E-state index in [2.05, 4.69) is 24.0 Å². The van der Waals surface area contributed by atoms with Crippen LogP contribution < -0.4 is 0 Å². The van der Waals surface area contributed by atoms with E-state index in [4.69, 9.17) is 4.99 Å². The van der Waals surface area contributed by atoms with Gasteiger partial charge in [0, 0.05) is 18.3 Å². The fourth-order valence-corrected chi connectivity index (χ4v) is 2.15. The molecule has 0 aliphatic carbocycles. The van der Waals surface area contributed by atoms with Crippen LogP contribution >= 0.6 is 0 Å². The Morgan fingerprint density at radius 3 is 2.45 bits per heavy atom. The van der Waals surface area contributed by atoms with E-state index in [0.717, 1.165) is 29.9 Å². The van der Waals surface area contributed by atoms with Crippen LogP contribution in [0.3, 0.4) is 0 Å². The molecule has 0 atom stereocenters. The first-order chi connectivity index (χ1) is 9.92. The quantitative estimate of drug-likeness (QED) is 0.535. The average Bonchev–Trinajstić information content (AvgIpc) is 2.53. The van der Waals surface area contributed by atoms with Crippen molar-refractivity contribution in [2.45, 2.75) is 32.6 Å². The van der Waals surface area contributed by atoms with Crippen LogP contribution in [-0.2, 0) is 0 Å². The maximum absolute atomic E-state index is 4.79. The summed E-state index contributed by atoms with van der Waals surface area (Å²) in [5.74, 6) is 0. The third kappa shape index (κ3) is 4.30. The third-order valence-corrected chi connectivity index (χ3v) is 3.24. The van der Waals surface area contributed by atoms with Crippen molar-refractivity contribution in [1.29, 1.82) is 0 Å². The van der Waals surface area contributed by atoms with E-state index in [-0.39, 0.29) is 0 Å². The molecule has 0 saturated heterocycles. The molecule has 0 amide bonds. The molecule has 2 heteroatoms. The van der Waals surface area contributed by atoms with Crippen molar-refractivity contribution in [3.8, 4) is 0 Å². The summed E-state index contributed by atoms with van der Waals surface area (Å²) < 4.78 is 0. The Kier molecular flexibility index (Phi) is 5.97. The van der Waals surface area contributed by atoms with Crippen molar-refractivity contribution in [2.24, 2.45) is 4.99 Å². The fourth-order valence-electron chi connectivity index (χ4n) is 2.15. The van der Waals surface area contributed by atoms with Crippen molar-refractivity contribution < 1.29 is 0 Å². The number of benzene rings is 1. The molecule has 0 spiro atoms. The smallest absolute Gasteiger partial charge is 0.0903 e. The molecular formula is C18H22N2. The van der Waals surface area contributed by atoms with Crippen LogP contribution in [0.25, 0.3) is 0 Å². The first kappa shape index (κ1) is 14.4. The predicted octanol–water partition coefficient (Wildman–Crippen LogP) is 4.50. The second-order valence-electron chi connectivity index (χ2n) is 4.87. The number of unbranched alkanes of at least 4 members (excludes halogenated alkanes) is 3. The van der Waals surface area contributed by atoms with Gasteiger partial charge in [0.1, 0.15) is 0 Å². The summed E-state index contributed by atoms with van der Waals surface area (Å²) >= 11 is 0. The molecule has 1 aromatic heterocycles. The van der Waals surface area contributed by atoms with Crippen molar-refractivity contribution >= 4 is 5.71 Å². The number of rotatable bonds is 7. The van der Waals surface area contributed by atoms with E-state index in [1.807, 2.05) is 42.6 Å². The summed E-state index contributed by atoms with van der Waals surface area (Å²) in [6.07, 6.45) is 6.78. The number of hydrogen-bond donors (Lipinski definition) is 0. The zero-order valence-corrected chi connectivity index (χ0v) is 12.1. The van der Waals surface area contributed by atoms with Crippen molar-refractivity contribution in [3.63, 3.8) is 0 Å². The molecule has 0 aliphatic heterocycles. The van der Waals surface area contributed by atoms with Crippen LogP contribution in [0.2, 0.25) is 0 Å². The van der Waals surface area contributed by atoms with E-state index in [1.54, 1.807) is 0 Å². The summed E-state index contributed by atoms with van der Waals surface area (Å²) in [7, 11) is 0. The third-order valence-electron chi connectivity index (χ3n) is 3.24. The second kappa shape index (κ2) is 8.26. The lowest BCUT2D eigenvalue weighted by atomic mass is 10.1. The van der Waals surface area contributed by atoms with Gasteiger partial charge in [0.05, 0.1) is 11.4 Å². The molecule has 2 rings (SSSR count). The van der Waals surface area contributed by atoms with E-state index < -0.39 is 0 Å². The maximum atomic E-state index is 4.79. The molecule has 0 radical (unpaired) electrons. The lowest BCUT2D eigenvalue weighted by Gasteiger charge is -2.06. The topological polar surface area (TPSA) is 25.2 Å². The summed E-state index contributed by atoms with van der Waals surface area (Å²) in [6, 6.07) is 16.3. The minimum atomic E-state index is 0.876. The molecule has 0 aliphatic rings. The highest BCUT2D eigenvalue weighted by Gasteiger charge is 2.06. The second-order valence-corrected chi connectivity index (χ2v) is 4.87. The highest BCUT2D eigenvalue weighted by Crippen LogP contribution is 2.09. The number of hydrogen-bond acceptors (Lipinski definition) is 2. The minimum Gasteiger partial charge on any atom is -0.282 e. The molecule has 1 heterocycles. The van der Waals surface area contributed by atoms with Gasteiger partial charge in [-0.3, -0.25) is 9.98 Å². The number of nitrogens with zero attached hydrogens (tertiary/aromatic N) is 2. The molecule has 2 aromatic rings. The average molecular weight is 266 g/mol. The van der Waals surface area contributed by atoms with Crippen LogP contribution in [0.5, 0.6) is 0 Å². The van der Waals surface area contributed by atoms with Crippen LogP contribution in [0.1, 0.15) is 43.9 Å². The molecule has 0 fully saturated rings. The van der Waals surface area contributed by atoms with E-state index in [1.165, 1.54) is 19.3 Å². The molecule has 0 N–H and O–H groups in total. The Balaban J connectivity index is 2.15. The molecule has 2 nitrogen and oxygen atoms in total. The zero-order chi connectivity index (χ0) is 14.0. The summed E-state index contributed by atoms with van der Waals surface area (Å²) in [5.41, 5.74) is 3.10. The van der Waals surface area contributed by atoms with Gasteiger partial charge in [-0.05, 0) is 18.6 Å². The summed E-state index contributed by atoms with van der Waals surface area (Å²) in [5, 5.41) is 0. The van der Waals surface area contributed by atoms with Crippen LogP contribution in [0.15, 0.2) is 59.7 Å². The van der Waals surface area contributed by atoms with E-state index in [0.29, 0.717) is 0 Å². The highest BCUT2D eigenvalue weighted by atomic mass is 14.8. The van der Waals surface area contributed by atoms with Gasteiger partial charge in [0.2, 0.25) is 0 Å². The monoisotopic (exact) mass is 266 g/mol. The normalized spacial score (nSPS) is 11.6. The standard InChI is InChI=1S/C18H22N2/c1-2-3-4-9-15-20-18(16-11-6-5-7-12-16)17-13-8-10-14-19-17/h5-8,10-14H,2-4,9,15H2,1H3. The van der Waals surface area contributed by atoms with Crippen LogP contribution in [0.4, 0.5) is 0 Å². The van der Waals surface area contributed by atoms with Gasteiger partial charge in [-0.2, -0.15) is 0 Å². The first-order valence-corrected chi connectivity index (χ1v) is 7.43. The lowest BCUT2D eigenvalue weighted by molar-refractivity contribution is 0.675. The van der Waals surface area contributed by atoms with Crippen LogP contribution in [-0.4, -0.2) is 17.2 Å². The van der Waals surface area contributed by atoms with Gasteiger partial charge >= 0.3 is 0 Å². The Bertz CT molecular complexity index is 476. The molecular weight excluding hydrogens is 244 g/mol. The Morgan fingerprint density at radius 2 is 1.75 bits per heavy atom. The molecule has 0 saturated carbocycles. The molecule has 0 unspecified atom stereocenters.